The normalized spacial score (nSPS) is 21.1. The Morgan fingerprint density at radius 1 is 1.62 bits per heavy atom. The van der Waals surface area contributed by atoms with Gasteiger partial charge in [-0.05, 0) is 32.4 Å². The van der Waals surface area contributed by atoms with Gasteiger partial charge >= 0.3 is 6.03 Å². The Hall–Kier alpha value is -1.36. The van der Waals surface area contributed by atoms with Crippen LogP contribution < -0.4 is 5.32 Å². The summed E-state index contributed by atoms with van der Waals surface area (Å²) in [5.74, 6) is 0.575. The van der Waals surface area contributed by atoms with E-state index in [1.807, 2.05) is 11.9 Å². The largest absolute Gasteiger partial charge is 0.329 e. The maximum absolute atomic E-state index is 12.0. The summed E-state index contributed by atoms with van der Waals surface area (Å²) in [6.45, 7) is 2.68. The molecule has 1 amide bonds. The predicted octanol–water partition coefficient (Wildman–Crippen LogP) is 0.783. The van der Waals surface area contributed by atoms with Crippen molar-refractivity contribution in [3.05, 3.63) is 18.7 Å². The molecule has 0 aromatic carbocycles. The first-order valence-corrected chi connectivity index (χ1v) is 5.73. The summed E-state index contributed by atoms with van der Waals surface area (Å²) in [7, 11) is 1.95. The number of nitrogens with one attached hydrogen (secondary N) is 1. The summed E-state index contributed by atoms with van der Waals surface area (Å²) in [4.78, 5) is 17.8. The van der Waals surface area contributed by atoms with Gasteiger partial charge in [-0.2, -0.15) is 0 Å². The molecule has 1 aliphatic rings. The van der Waals surface area contributed by atoms with Crippen LogP contribution in [0.4, 0.5) is 4.79 Å². The van der Waals surface area contributed by atoms with Crippen LogP contribution >= 0.6 is 0 Å². The zero-order valence-electron chi connectivity index (χ0n) is 9.59. The summed E-state index contributed by atoms with van der Waals surface area (Å²) in [6, 6.07) is 0.0401. The van der Waals surface area contributed by atoms with Gasteiger partial charge < -0.3 is 10.2 Å². The molecule has 2 heterocycles. The molecule has 2 rings (SSSR count). The van der Waals surface area contributed by atoms with E-state index in [4.69, 9.17) is 0 Å². The first kappa shape index (κ1) is 11.1. The first-order chi connectivity index (χ1) is 7.81. The van der Waals surface area contributed by atoms with E-state index in [2.05, 4.69) is 10.3 Å². The van der Waals surface area contributed by atoms with Gasteiger partial charge in [-0.1, -0.05) is 0 Å². The van der Waals surface area contributed by atoms with Gasteiger partial charge in [0.25, 0.3) is 0 Å². The molecule has 1 N–H and O–H groups in total. The summed E-state index contributed by atoms with van der Waals surface area (Å²) in [5, 5.41) is 3.17. The van der Waals surface area contributed by atoms with Crippen molar-refractivity contribution >= 4 is 6.03 Å². The van der Waals surface area contributed by atoms with Crippen LogP contribution in [0.2, 0.25) is 0 Å². The molecule has 0 bridgehead atoms. The molecule has 5 nitrogen and oxygen atoms in total. The van der Waals surface area contributed by atoms with Crippen LogP contribution in [0.5, 0.6) is 0 Å². The highest BCUT2D eigenvalue weighted by Crippen LogP contribution is 2.16. The maximum Gasteiger partial charge on any atom is 0.329 e. The molecule has 5 heteroatoms. The Morgan fingerprint density at radius 2 is 2.50 bits per heavy atom. The van der Waals surface area contributed by atoms with Crippen molar-refractivity contribution in [2.24, 2.45) is 5.92 Å². The highest BCUT2D eigenvalue weighted by molar-refractivity contribution is 5.76. The molecule has 0 aliphatic carbocycles. The van der Waals surface area contributed by atoms with E-state index in [0.29, 0.717) is 5.92 Å². The van der Waals surface area contributed by atoms with Crippen LogP contribution in [0.3, 0.4) is 0 Å². The van der Waals surface area contributed by atoms with Crippen molar-refractivity contribution < 1.29 is 4.79 Å². The second-order valence-corrected chi connectivity index (χ2v) is 4.26. The van der Waals surface area contributed by atoms with Gasteiger partial charge in [-0.25, -0.2) is 9.78 Å². The second kappa shape index (κ2) is 5.12. The number of amides is 1. The van der Waals surface area contributed by atoms with Gasteiger partial charge in [0.1, 0.15) is 6.33 Å². The summed E-state index contributed by atoms with van der Waals surface area (Å²) in [5.41, 5.74) is 0. The number of aromatic nitrogens is 2. The molecule has 16 heavy (non-hydrogen) atoms. The number of hydrogen-bond acceptors (Lipinski definition) is 3. The van der Waals surface area contributed by atoms with Crippen molar-refractivity contribution in [2.45, 2.75) is 12.8 Å². The molecule has 1 aliphatic heterocycles. The van der Waals surface area contributed by atoms with E-state index in [1.54, 1.807) is 23.3 Å². The van der Waals surface area contributed by atoms with Crippen molar-refractivity contribution in [1.82, 2.24) is 19.8 Å². The minimum Gasteiger partial charge on any atom is -0.324 e. The standard InChI is InChI=1S/C11H18N4O/c1-12-7-10-3-2-5-14(8-10)11(16)15-6-4-13-9-15/h4,6,9-10,12H,2-3,5,7-8H2,1H3. The van der Waals surface area contributed by atoms with Crippen LogP contribution in [-0.4, -0.2) is 47.2 Å². The van der Waals surface area contributed by atoms with Gasteiger partial charge in [0.2, 0.25) is 0 Å². The molecule has 1 fully saturated rings. The molecule has 0 spiro atoms. The lowest BCUT2D eigenvalue weighted by molar-refractivity contribution is 0.166. The highest BCUT2D eigenvalue weighted by Gasteiger charge is 2.23. The van der Waals surface area contributed by atoms with Crippen molar-refractivity contribution in [3.8, 4) is 0 Å². The number of piperidine rings is 1. The fraction of sp³-hybridized carbons (Fsp3) is 0.636. The number of carbonyl (C=O) groups excluding carboxylic acids is 1. The van der Waals surface area contributed by atoms with E-state index >= 15 is 0 Å². The Labute approximate surface area is 95.5 Å². The minimum absolute atomic E-state index is 0.0401. The number of likely N-dealkylation sites (tertiary alicyclic amines) is 1. The fourth-order valence-electron chi connectivity index (χ4n) is 2.23. The predicted molar refractivity (Wildman–Crippen MR) is 61.2 cm³/mol. The lowest BCUT2D eigenvalue weighted by Gasteiger charge is -2.32. The summed E-state index contributed by atoms with van der Waals surface area (Å²) in [6.07, 6.45) is 7.18. The quantitative estimate of drug-likeness (QED) is 0.804. The van der Waals surface area contributed by atoms with Gasteiger partial charge in [-0.15, -0.1) is 0 Å². The van der Waals surface area contributed by atoms with Crippen molar-refractivity contribution in [1.29, 1.82) is 0 Å². The summed E-state index contributed by atoms with van der Waals surface area (Å²) < 4.78 is 1.54. The monoisotopic (exact) mass is 222 g/mol. The van der Waals surface area contributed by atoms with Crippen LogP contribution in [0, 0.1) is 5.92 Å². The van der Waals surface area contributed by atoms with Crippen LogP contribution in [0.1, 0.15) is 12.8 Å². The number of carbonyl (C=O) groups is 1. The molecule has 1 aromatic heterocycles. The second-order valence-electron chi connectivity index (χ2n) is 4.26. The van der Waals surface area contributed by atoms with Gasteiger partial charge in [0, 0.05) is 25.5 Å². The Bertz CT molecular complexity index is 334. The third-order valence-corrected chi connectivity index (χ3v) is 3.01. The lowest BCUT2D eigenvalue weighted by atomic mass is 9.98. The Morgan fingerprint density at radius 3 is 3.19 bits per heavy atom. The minimum atomic E-state index is 0.0401. The third-order valence-electron chi connectivity index (χ3n) is 3.01. The van der Waals surface area contributed by atoms with E-state index in [-0.39, 0.29) is 6.03 Å². The van der Waals surface area contributed by atoms with Gasteiger partial charge in [0.15, 0.2) is 0 Å². The van der Waals surface area contributed by atoms with Gasteiger partial charge in [0.05, 0.1) is 0 Å². The van der Waals surface area contributed by atoms with Gasteiger partial charge in [-0.3, -0.25) is 4.57 Å². The Balaban J connectivity index is 1.96. The van der Waals surface area contributed by atoms with Crippen LogP contribution in [-0.2, 0) is 0 Å². The summed E-state index contributed by atoms with van der Waals surface area (Å²) >= 11 is 0. The number of hydrogen-bond donors (Lipinski definition) is 1. The topological polar surface area (TPSA) is 50.2 Å². The molecule has 0 saturated carbocycles. The zero-order chi connectivity index (χ0) is 11.4. The van der Waals surface area contributed by atoms with Crippen LogP contribution in [0.15, 0.2) is 18.7 Å². The van der Waals surface area contributed by atoms with Crippen LogP contribution in [0.25, 0.3) is 0 Å². The molecule has 1 unspecified atom stereocenters. The average Bonchev–Trinajstić information content (AvgIpc) is 2.82. The molecule has 0 radical (unpaired) electrons. The van der Waals surface area contributed by atoms with Crippen molar-refractivity contribution in [3.63, 3.8) is 0 Å². The molecule has 1 aromatic rings. The van der Waals surface area contributed by atoms with E-state index < -0.39 is 0 Å². The molecular weight excluding hydrogens is 204 g/mol. The van der Waals surface area contributed by atoms with E-state index in [9.17, 15) is 4.79 Å². The average molecular weight is 222 g/mol. The smallest absolute Gasteiger partial charge is 0.324 e. The first-order valence-electron chi connectivity index (χ1n) is 5.73. The molecule has 1 atom stereocenters. The number of imidazole rings is 1. The third kappa shape index (κ3) is 2.41. The molecule has 88 valence electrons. The Kier molecular flexibility index (Phi) is 3.56. The van der Waals surface area contributed by atoms with Crippen molar-refractivity contribution in [2.75, 3.05) is 26.7 Å². The fourth-order valence-corrected chi connectivity index (χ4v) is 2.23. The molecular formula is C11H18N4O. The van der Waals surface area contributed by atoms with E-state index in [0.717, 1.165) is 26.1 Å². The highest BCUT2D eigenvalue weighted by atomic mass is 16.2. The number of rotatable bonds is 2. The number of nitrogens with zero attached hydrogens (tertiary/aromatic N) is 3. The lowest BCUT2D eigenvalue weighted by Crippen LogP contribution is -2.44. The van der Waals surface area contributed by atoms with E-state index in [1.165, 1.54) is 6.42 Å². The molecule has 1 saturated heterocycles. The maximum atomic E-state index is 12.0. The zero-order valence-corrected chi connectivity index (χ0v) is 9.59. The SMILES string of the molecule is CNCC1CCCN(C(=O)n2ccnc2)C1.